The molecule has 1 saturated heterocycles. The molecule has 1 fully saturated rings. The Labute approximate surface area is 105 Å². The molecule has 0 spiro atoms. The van der Waals surface area contributed by atoms with Crippen molar-refractivity contribution in [2.75, 3.05) is 31.6 Å². The minimum absolute atomic E-state index is 0.00285. The Morgan fingerprint density at radius 3 is 3.17 bits per heavy atom. The van der Waals surface area contributed by atoms with Gasteiger partial charge in [-0.15, -0.1) is 0 Å². The molecule has 1 aromatic rings. The average Bonchev–Trinajstić information content (AvgIpc) is 2.38. The van der Waals surface area contributed by atoms with Crippen LogP contribution in [0.25, 0.3) is 0 Å². The van der Waals surface area contributed by atoms with Crippen molar-refractivity contribution in [3.8, 4) is 0 Å². The first-order valence-corrected chi connectivity index (χ1v) is 5.89. The van der Waals surface area contributed by atoms with Crippen LogP contribution in [0.2, 0.25) is 0 Å². The first kappa shape index (κ1) is 12.8. The smallest absolute Gasteiger partial charge is 0.242 e. The van der Waals surface area contributed by atoms with E-state index in [0.717, 1.165) is 6.20 Å². The van der Waals surface area contributed by atoms with E-state index in [9.17, 15) is 9.18 Å². The normalized spacial score (nSPS) is 19.7. The van der Waals surface area contributed by atoms with Gasteiger partial charge >= 0.3 is 0 Å². The van der Waals surface area contributed by atoms with Crippen molar-refractivity contribution in [1.82, 2.24) is 9.88 Å². The number of carbonyl (C=O) groups excluding carboxylic acids is 1. The summed E-state index contributed by atoms with van der Waals surface area (Å²) in [6, 6.07) is 2.90. The van der Waals surface area contributed by atoms with E-state index in [0.29, 0.717) is 25.6 Å². The van der Waals surface area contributed by atoms with Crippen LogP contribution in [0.5, 0.6) is 0 Å². The van der Waals surface area contributed by atoms with Gasteiger partial charge in [0.15, 0.2) is 0 Å². The number of morpholine rings is 1. The Bertz CT molecular complexity index is 410. The second-order valence-corrected chi connectivity index (χ2v) is 4.23. The number of rotatable bonds is 3. The number of aromatic nitrogens is 1. The molecular formula is C12H16FN3O2. The van der Waals surface area contributed by atoms with Crippen molar-refractivity contribution in [3.05, 3.63) is 24.1 Å². The number of ether oxygens (including phenoxy) is 1. The predicted octanol–water partition coefficient (Wildman–Crippen LogP) is 0.880. The van der Waals surface area contributed by atoms with Gasteiger partial charge in [-0.1, -0.05) is 0 Å². The van der Waals surface area contributed by atoms with Crippen LogP contribution in [0.15, 0.2) is 18.3 Å². The number of nitrogens with zero attached hydrogens (tertiary/aromatic N) is 2. The van der Waals surface area contributed by atoms with Crippen LogP contribution in [0.3, 0.4) is 0 Å². The third-order valence-electron chi connectivity index (χ3n) is 2.84. The molecule has 1 aliphatic heterocycles. The van der Waals surface area contributed by atoms with Gasteiger partial charge < -0.3 is 15.0 Å². The van der Waals surface area contributed by atoms with E-state index in [1.54, 1.807) is 4.90 Å². The van der Waals surface area contributed by atoms with Crippen LogP contribution in [0.4, 0.5) is 10.2 Å². The van der Waals surface area contributed by atoms with Crippen LogP contribution < -0.4 is 5.32 Å². The fraction of sp³-hybridized carbons (Fsp3) is 0.500. The third-order valence-corrected chi connectivity index (χ3v) is 2.84. The number of nitrogens with one attached hydrogen (secondary N) is 1. The Morgan fingerprint density at radius 1 is 1.67 bits per heavy atom. The Morgan fingerprint density at radius 2 is 2.50 bits per heavy atom. The van der Waals surface area contributed by atoms with Gasteiger partial charge in [0.1, 0.15) is 11.6 Å². The van der Waals surface area contributed by atoms with Crippen LogP contribution in [0.1, 0.15) is 6.92 Å². The van der Waals surface area contributed by atoms with Gasteiger partial charge in [-0.05, 0) is 19.1 Å². The molecule has 0 radical (unpaired) electrons. The molecule has 0 aliphatic carbocycles. The minimum Gasteiger partial charge on any atom is -0.377 e. The maximum atomic E-state index is 12.6. The highest BCUT2D eigenvalue weighted by atomic mass is 19.1. The molecule has 18 heavy (non-hydrogen) atoms. The summed E-state index contributed by atoms with van der Waals surface area (Å²) in [4.78, 5) is 17.6. The number of amides is 1. The van der Waals surface area contributed by atoms with E-state index in [-0.39, 0.29) is 18.5 Å². The molecule has 6 heteroatoms. The van der Waals surface area contributed by atoms with Gasteiger partial charge in [-0.3, -0.25) is 4.79 Å². The summed E-state index contributed by atoms with van der Waals surface area (Å²) in [7, 11) is 0. The van der Waals surface area contributed by atoms with Crippen molar-refractivity contribution in [2.24, 2.45) is 0 Å². The van der Waals surface area contributed by atoms with Crippen molar-refractivity contribution >= 4 is 11.7 Å². The standard InChI is InChI=1S/C12H16FN3O2/c1-9-8-18-5-4-16(9)12(17)7-15-11-3-2-10(13)6-14-11/h2-3,6,9H,4-5,7-8H2,1H3,(H,14,15)/t9-/m0/s1. The van der Waals surface area contributed by atoms with Gasteiger partial charge in [-0.2, -0.15) is 0 Å². The van der Waals surface area contributed by atoms with Crippen LogP contribution in [-0.2, 0) is 9.53 Å². The van der Waals surface area contributed by atoms with Crippen LogP contribution >= 0.6 is 0 Å². The summed E-state index contributed by atoms with van der Waals surface area (Å²) in [5.74, 6) is 0.0938. The van der Waals surface area contributed by atoms with Crippen molar-refractivity contribution in [1.29, 1.82) is 0 Å². The molecule has 2 rings (SSSR count). The van der Waals surface area contributed by atoms with E-state index in [2.05, 4.69) is 10.3 Å². The summed E-state index contributed by atoms with van der Waals surface area (Å²) >= 11 is 0. The number of halogens is 1. The second-order valence-electron chi connectivity index (χ2n) is 4.23. The zero-order valence-corrected chi connectivity index (χ0v) is 10.2. The number of hydrogen-bond acceptors (Lipinski definition) is 4. The fourth-order valence-corrected chi connectivity index (χ4v) is 1.85. The zero-order valence-electron chi connectivity index (χ0n) is 10.2. The van der Waals surface area contributed by atoms with Gasteiger partial charge in [0.25, 0.3) is 0 Å². The van der Waals surface area contributed by atoms with Gasteiger partial charge in [-0.25, -0.2) is 9.37 Å². The van der Waals surface area contributed by atoms with Gasteiger partial charge in [0.2, 0.25) is 5.91 Å². The summed E-state index contributed by atoms with van der Waals surface area (Å²) in [6.45, 7) is 3.86. The number of carbonyl (C=O) groups is 1. The van der Waals surface area contributed by atoms with E-state index < -0.39 is 5.82 Å². The first-order chi connectivity index (χ1) is 8.66. The minimum atomic E-state index is -0.395. The first-order valence-electron chi connectivity index (χ1n) is 5.89. The van der Waals surface area contributed by atoms with Crippen LogP contribution in [0, 0.1) is 5.82 Å². The largest absolute Gasteiger partial charge is 0.377 e. The SMILES string of the molecule is C[C@H]1COCCN1C(=O)CNc1ccc(F)cn1. The molecule has 0 saturated carbocycles. The highest BCUT2D eigenvalue weighted by Crippen LogP contribution is 2.07. The number of pyridine rings is 1. The highest BCUT2D eigenvalue weighted by molar-refractivity contribution is 5.81. The zero-order chi connectivity index (χ0) is 13.0. The van der Waals surface area contributed by atoms with E-state index in [1.807, 2.05) is 6.92 Å². The van der Waals surface area contributed by atoms with Crippen molar-refractivity contribution in [3.63, 3.8) is 0 Å². The van der Waals surface area contributed by atoms with Gasteiger partial charge in [0.05, 0.1) is 32.0 Å². The Hall–Kier alpha value is -1.69. The summed E-state index contributed by atoms with van der Waals surface area (Å²) < 4.78 is 17.9. The molecule has 1 aliphatic rings. The lowest BCUT2D eigenvalue weighted by Crippen LogP contribution is -2.49. The molecule has 2 heterocycles. The Balaban J connectivity index is 1.85. The molecule has 0 bridgehead atoms. The van der Waals surface area contributed by atoms with E-state index in [1.165, 1.54) is 12.1 Å². The lowest BCUT2D eigenvalue weighted by Gasteiger charge is -2.33. The average molecular weight is 253 g/mol. The van der Waals surface area contributed by atoms with E-state index >= 15 is 0 Å². The second kappa shape index (κ2) is 5.77. The maximum Gasteiger partial charge on any atom is 0.242 e. The lowest BCUT2D eigenvalue weighted by molar-refractivity contribution is -0.137. The fourth-order valence-electron chi connectivity index (χ4n) is 1.85. The third kappa shape index (κ3) is 3.16. The van der Waals surface area contributed by atoms with Crippen molar-refractivity contribution < 1.29 is 13.9 Å². The summed E-state index contributed by atoms with van der Waals surface area (Å²) in [6.07, 6.45) is 1.12. The molecule has 1 N–H and O–H groups in total. The quantitative estimate of drug-likeness (QED) is 0.869. The summed E-state index contributed by atoms with van der Waals surface area (Å²) in [5.41, 5.74) is 0. The van der Waals surface area contributed by atoms with Crippen molar-refractivity contribution in [2.45, 2.75) is 13.0 Å². The molecule has 0 unspecified atom stereocenters. The number of anilines is 1. The molecule has 0 aromatic carbocycles. The molecule has 1 atom stereocenters. The predicted molar refractivity (Wildman–Crippen MR) is 64.7 cm³/mol. The lowest BCUT2D eigenvalue weighted by atomic mass is 10.2. The van der Waals surface area contributed by atoms with Crippen LogP contribution in [-0.4, -0.2) is 48.1 Å². The van der Waals surface area contributed by atoms with E-state index in [4.69, 9.17) is 4.74 Å². The topological polar surface area (TPSA) is 54.5 Å². The molecular weight excluding hydrogens is 237 g/mol. The summed E-state index contributed by atoms with van der Waals surface area (Å²) in [5, 5.41) is 2.88. The molecule has 5 nitrogen and oxygen atoms in total. The monoisotopic (exact) mass is 253 g/mol. The molecule has 1 amide bonds. The maximum absolute atomic E-state index is 12.6. The molecule has 1 aromatic heterocycles. The van der Waals surface area contributed by atoms with Gasteiger partial charge in [0, 0.05) is 6.54 Å². The Kier molecular flexibility index (Phi) is 4.09. The number of hydrogen-bond donors (Lipinski definition) is 1. The highest BCUT2D eigenvalue weighted by Gasteiger charge is 2.23. The molecule has 98 valence electrons.